The average Bonchev–Trinajstić information content (AvgIpc) is 3.03. The van der Waals surface area contributed by atoms with E-state index in [1.807, 2.05) is 4.90 Å². The van der Waals surface area contributed by atoms with Gasteiger partial charge in [0, 0.05) is 33.2 Å². The molecule has 1 unspecified atom stereocenters. The number of carbonyl (C=O) groups is 1. The lowest BCUT2D eigenvalue weighted by Gasteiger charge is -2.34. The molecule has 2 aromatic heterocycles. The predicted molar refractivity (Wildman–Crippen MR) is 108 cm³/mol. The predicted octanol–water partition coefficient (Wildman–Crippen LogP) is 0.930. The number of fused-ring (bicyclic) bond motifs is 1. The molecule has 1 saturated heterocycles. The Balaban J connectivity index is 1.95. The number of nitrogens with zero attached hydrogens (tertiary/aromatic N) is 4. The summed E-state index contributed by atoms with van der Waals surface area (Å²) in [6, 6.07) is 1.96. The Bertz CT molecular complexity index is 1110. The Morgan fingerprint density at radius 1 is 1.28 bits per heavy atom. The number of piperidine rings is 1. The molecule has 0 spiro atoms. The number of rotatable bonds is 2. The standard InChI is InChI=1S/C19H26N6O4/c1-19(2,3)29-17(27)21-11-7-6-8-25(10-11)15-12(9-20)14-13(22-15)16(26)24(5)18(28)23(14)4/h11,22H,6-8,10H2,1-5H3,(H,21,27). The lowest BCUT2D eigenvalue weighted by Crippen LogP contribution is -2.49. The van der Waals surface area contributed by atoms with Gasteiger partial charge in [0.25, 0.3) is 5.56 Å². The van der Waals surface area contributed by atoms with Crippen LogP contribution in [0.15, 0.2) is 9.59 Å². The SMILES string of the molecule is Cn1c(=O)c2[nH]c(N3CCCC(NC(=O)OC(C)(C)C)C3)c(C#N)c2n(C)c1=O. The minimum Gasteiger partial charge on any atom is -0.444 e. The maximum atomic E-state index is 12.5. The van der Waals surface area contributed by atoms with E-state index in [4.69, 9.17) is 4.74 Å². The first kappa shape index (κ1) is 20.5. The van der Waals surface area contributed by atoms with Crippen LogP contribution in [0.25, 0.3) is 11.0 Å². The van der Waals surface area contributed by atoms with Crippen LogP contribution < -0.4 is 21.5 Å². The van der Waals surface area contributed by atoms with Gasteiger partial charge in [-0.2, -0.15) is 5.26 Å². The van der Waals surface area contributed by atoms with E-state index in [-0.39, 0.29) is 22.6 Å². The van der Waals surface area contributed by atoms with Crippen molar-refractivity contribution in [2.24, 2.45) is 14.1 Å². The molecule has 3 heterocycles. The fourth-order valence-electron chi connectivity index (χ4n) is 3.66. The molecule has 1 atom stereocenters. The van der Waals surface area contributed by atoms with Crippen molar-refractivity contribution in [1.82, 2.24) is 19.4 Å². The first-order valence-electron chi connectivity index (χ1n) is 9.49. The number of ether oxygens (including phenoxy) is 1. The number of alkyl carbamates (subject to hydrolysis) is 1. The van der Waals surface area contributed by atoms with Gasteiger partial charge in [-0.25, -0.2) is 9.59 Å². The number of nitrogens with one attached hydrogen (secondary N) is 2. The van der Waals surface area contributed by atoms with Gasteiger partial charge in [-0.3, -0.25) is 13.9 Å². The van der Waals surface area contributed by atoms with Gasteiger partial charge in [0.2, 0.25) is 0 Å². The minimum absolute atomic E-state index is 0.164. The quantitative estimate of drug-likeness (QED) is 0.770. The molecule has 0 saturated carbocycles. The summed E-state index contributed by atoms with van der Waals surface area (Å²) in [5.41, 5.74) is -0.815. The van der Waals surface area contributed by atoms with E-state index in [9.17, 15) is 19.6 Å². The summed E-state index contributed by atoms with van der Waals surface area (Å²) >= 11 is 0. The molecule has 2 aromatic rings. The van der Waals surface area contributed by atoms with Crippen LogP contribution in [0.3, 0.4) is 0 Å². The van der Waals surface area contributed by atoms with Crippen molar-refractivity contribution < 1.29 is 9.53 Å². The molecular weight excluding hydrogens is 376 g/mol. The summed E-state index contributed by atoms with van der Waals surface area (Å²) in [5.74, 6) is 0.483. The molecule has 0 bridgehead atoms. The van der Waals surface area contributed by atoms with Crippen LogP contribution in [-0.2, 0) is 18.8 Å². The third kappa shape index (κ3) is 3.85. The summed E-state index contributed by atoms with van der Waals surface area (Å²) < 4.78 is 7.63. The topological polar surface area (TPSA) is 125 Å². The lowest BCUT2D eigenvalue weighted by molar-refractivity contribution is 0.0500. The Kier molecular flexibility index (Phi) is 5.17. The molecule has 0 radical (unpaired) electrons. The van der Waals surface area contributed by atoms with E-state index >= 15 is 0 Å². The largest absolute Gasteiger partial charge is 0.444 e. The maximum absolute atomic E-state index is 12.5. The van der Waals surface area contributed by atoms with Crippen molar-refractivity contribution in [3.8, 4) is 6.07 Å². The van der Waals surface area contributed by atoms with Crippen LogP contribution in [0.4, 0.5) is 10.6 Å². The first-order valence-corrected chi connectivity index (χ1v) is 9.49. The van der Waals surface area contributed by atoms with Crippen molar-refractivity contribution in [2.45, 2.75) is 45.3 Å². The maximum Gasteiger partial charge on any atom is 0.407 e. The van der Waals surface area contributed by atoms with Crippen molar-refractivity contribution in [1.29, 1.82) is 5.26 Å². The summed E-state index contributed by atoms with van der Waals surface area (Å²) in [6.07, 6.45) is 1.08. The van der Waals surface area contributed by atoms with Gasteiger partial charge < -0.3 is 19.9 Å². The Labute approximate surface area is 167 Å². The van der Waals surface area contributed by atoms with Gasteiger partial charge in [-0.05, 0) is 33.6 Å². The number of aromatic amines is 1. The second kappa shape index (κ2) is 7.31. The van der Waals surface area contributed by atoms with E-state index in [0.717, 1.165) is 17.4 Å². The summed E-state index contributed by atoms with van der Waals surface area (Å²) in [4.78, 5) is 41.9. The number of H-pyrrole nitrogens is 1. The third-order valence-electron chi connectivity index (χ3n) is 4.95. The lowest BCUT2D eigenvalue weighted by atomic mass is 10.1. The Morgan fingerprint density at radius 2 is 1.97 bits per heavy atom. The monoisotopic (exact) mass is 402 g/mol. The summed E-state index contributed by atoms with van der Waals surface area (Å²) in [7, 11) is 2.93. The van der Waals surface area contributed by atoms with Gasteiger partial charge in [0.05, 0.1) is 5.52 Å². The smallest absolute Gasteiger partial charge is 0.407 e. The number of nitriles is 1. The van der Waals surface area contributed by atoms with Gasteiger partial charge in [-0.1, -0.05) is 0 Å². The summed E-state index contributed by atoms with van der Waals surface area (Å²) in [6.45, 7) is 6.51. The number of carbonyl (C=O) groups excluding carboxylic acids is 1. The van der Waals surface area contributed by atoms with Crippen molar-refractivity contribution in [2.75, 3.05) is 18.0 Å². The van der Waals surface area contributed by atoms with Gasteiger partial charge in [0.1, 0.15) is 28.6 Å². The molecule has 156 valence electrons. The highest BCUT2D eigenvalue weighted by atomic mass is 16.6. The van der Waals surface area contributed by atoms with E-state index < -0.39 is 22.9 Å². The molecule has 10 heteroatoms. The van der Waals surface area contributed by atoms with E-state index in [2.05, 4.69) is 16.4 Å². The Morgan fingerprint density at radius 3 is 2.59 bits per heavy atom. The number of anilines is 1. The molecule has 0 aliphatic carbocycles. The van der Waals surface area contributed by atoms with Crippen LogP contribution in [0, 0.1) is 11.3 Å². The van der Waals surface area contributed by atoms with Gasteiger partial charge >= 0.3 is 11.8 Å². The van der Waals surface area contributed by atoms with Gasteiger partial charge in [0.15, 0.2) is 0 Å². The summed E-state index contributed by atoms with van der Waals surface area (Å²) in [5, 5.41) is 12.6. The van der Waals surface area contributed by atoms with Crippen molar-refractivity contribution >= 4 is 22.9 Å². The molecule has 29 heavy (non-hydrogen) atoms. The fraction of sp³-hybridized carbons (Fsp3) is 0.579. The highest BCUT2D eigenvalue weighted by Crippen LogP contribution is 2.28. The number of hydrogen-bond donors (Lipinski definition) is 2. The van der Waals surface area contributed by atoms with Crippen molar-refractivity contribution in [3.05, 3.63) is 26.4 Å². The van der Waals surface area contributed by atoms with Crippen LogP contribution in [-0.4, -0.2) is 44.9 Å². The van der Waals surface area contributed by atoms with E-state index in [0.29, 0.717) is 18.9 Å². The molecule has 1 fully saturated rings. The second-order valence-corrected chi connectivity index (χ2v) is 8.32. The molecule has 0 aromatic carbocycles. The number of hydrogen-bond acceptors (Lipinski definition) is 6. The average molecular weight is 402 g/mol. The second-order valence-electron chi connectivity index (χ2n) is 8.32. The van der Waals surface area contributed by atoms with E-state index in [1.54, 1.807) is 20.8 Å². The number of aryl methyl sites for hydroxylation is 1. The molecule has 3 rings (SSSR count). The number of amides is 1. The zero-order valence-electron chi connectivity index (χ0n) is 17.3. The van der Waals surface area contributed by atoms with Crippen LogP contribution >= 0.6 is 0 Å². The molecule has 10 nitrogen and oxygen atoms in total. The molecule has 1 aliphatic heterocycles. The van der Waals surface area contributed by atoms with Gasteiger partial charge in [-0.15, -0.1) is 0 Å². The highest BCUT2D eigenvalue weighted by molar-refractivity contribution is 5.88. The third-order valence-corrected chi connectivity index (χ3v) is 4.95. The minimum atomic E-state index is -0.589. The zero-order valence-corrected chi connectivity index (χ0v) is 17.3. The van der Waals surface area contributed by atoms with Crippen molar-refractivity contribution in [3.63, 3.8) is 0 Å². The van der Waals surface area contributed by atoms with E-state index in [1.165, 1.54) is 18.7 Å². The number of aromatic nitrogens is 3. The van der Waals surface area contributed by atoms with Crippen LogP contribution in [0.5, 0.6) is 0 Å². The van der Waals surface area contributed by atoms with Crippen LogP contribution in [0.1, 0.15) is 39.2 Å². The normalized spacial score (nSPS) is 17.2. The zero-order chi connectivity index (χ0) is 21.5. The first-order chi connectivity index (χ1) is 13.5. The molecule has 2 N–H and O–H groups in total. The molecule has 1 aliphatic rings. The molecule has 1 amide bonds. The van der Waals surface area contributed by atoms with Crippen LogP contribution in [0.2, 0.25) is 0 Å². The highest BCUT2D eigenvalue weighted by Gasteiger charge is 2.28. The Hall–Kier alpha value is -3.22. The molecular formula is C19H26N6O4. The fourth-order valence-corrected chi connectivity index (χ4v) is 3.66.